The molecular formula is C16H20N2O4. The van der Waals surface area contributed by atoms with Gasteiger partial charge in [-0.3, -0.25) is 9.59 Å². The Kier molecular flexibility index (Phi) is 3.78. The highest BCUT2D eigenvalue weighted by atomic mass is 16.5. The third-order valence-electron chi connectivity index (χ3n) is 4.28. The number of hydrogen-bond acceptors (Lipinski definition) is 5. The Hall–Kier alpha value is -2.08. The molecule has 22 heavy (non-hydrogen) atoms. The van der Waals surface area contributed by atoms with Crippen LogP contribution in [0.3, 0.4) is 0 Å². The SMILES string of the molecule is COC1Nc2c(ccc(C)c2OC(C)=O)C(=O)N2CCCC12. The first-order valence-corrected chi connectivity index (χ1v) is 7.45. The third kappa shape index (κ3) is 2.33. The second kappa shape index (κ2) is 5.61. The van der Waals surface area contributed by atoms with Crippen LogP contribution in [0, 0.1) is 6.92 Å². The maximum atomic E-state index is 12.8. The number of methoxy groups -OCH3 is 1. The van der Waals surface area contributed by atoms with Crippen LogP contribution < -0.4 is 10.1 Å². The lowest BCUT2D eigenvalue weighted by Gasteiger charge is -2.28. The van der Waals surface area contributed by atoms with Gasteiger partial charge in [0.2, 0.25) is 0 Å². The first kappa shape index (κ1) is 14.8. The summed E-state index contributed by atoms with van der Waals surface area (Å²) in [5.41, 5.74) is 1.86. The van der Waals surface area contributed by atoms with Crippen LogP contribution in [0.25, 0.3) is 0 Å². The van der Waals surface area contributed by atoms with Crippen molar-refractivity contribution in [3.8, 4) is 5.75 Å². The minimum Gasteiger partial charge on any atom is -0.424 e. The van der Waals surface area contributed by atoms with Gasteiger partial charge in [0.15, 0.2) is 5.75 Å². The quantitative estimate of drug-likeness (QED) is 0.668. The third-order valence-corrected chi connectivity index (χ3v) is 4.28. The first-order valence-electron chi connectivity index (χ1n) is 7.45. The van der Waals surface area contributed by atoms with Gasteiger partial charge >= 0.3 is 5.97 Å². The van der Waals surface area contributed by atoms with E-state index in [0.29, 0.717) is 17.0 Å². The van der Waals surface area contributed by atoms with Gasteiger partial charge in [-0.25, -0.2) is 0 Å². The normalized spacial score (nSPS) is 23.4. The maximum Gasteiger partial charge on any atom is 0.308 e. The number of benzene rings is 1. The number of aryl methyl sites for hydroxylation is 1. The van der Waals surface area contributed by atoms with E-state index >= 15 is 0 Å². The number of carbonyl (C=O) groups excluding carboxylic acids is 2. The molecule has 2 heterocycles. The Morgan fingerprint density at radius 1 is 1.41 bits per heavy atom. The maximum absolute atomic E-state index is 12.8. The van der Waals surface area contributed by atoms with Crippen LogP contribution >= 0.6 is 0 Å². The number of rotatable bonds is 2. The monoisotopic (exact) mass is 304 g/mol. The number of anilines is 1. The molecule has 0 saturated carbocycles. The molecule has 1 amide bonds. The molecule has 1 aromatic carbocycles. The lowest BCUT2D eigenvalue weighted by molar-refractivity contribution is -0.131. The molecule has 0 bridgehead atoms. The van der Waals surface area contributed by atoms with E-state index in [4.69, 9.17) is 9.47 Å². The van der Waals surface area contributed by atoms with E-state index in [1.54, 1.807) is 19.2 Å². The van der Waals surface area contributed by atoms with Gasteiger partial charge in [-0.15, -0.1) is 0 Å². The van der Waals surface area contributed by atoms with Crippen LogP contribution in [0.1, 0.15) is 35.7 Å². The molecule has 1 N–H and O–H groups in total. The fraction of sp³-hybridized carbons (Fsp3) is 0.500. The predicted octanol–water partition coefficient (Wildman–Crippen LogP) is 1.92. The van der Waals surface area contributed by atoms with Gasteiger partial charge in [0, 0.05) is 20.6 Å². The average Bonchev–Trinajstić information content (AvgIpc) is 2.92. The fourth-order valence-electron chi connectivity index (χ4n) is 3.25. The summed E-state index contributed by atoms with van der Waals surface area (Å²) in [4.78, 5) is 26.1. The van der Waals surface area contributed by atoms with Crippen molar-refractivity contribution in [1.82, 2.24) is 4.90 Å². The second-order valence-electron chi connectivity index (χ2n) is 5.74. The molecule has 2 atom stereocenters. The van der Waals surface area contributed by atoms with Gasteiger partial charge < -0.3 is 19.7 Å². The van der Waals surface area contributed by atoms with Crippen molar-refractivity contribution >= 4 is 17.6 Å². The number of fused-ring (bicyclic) bond motifs is 2. The lowest BCUT2D eigenvalue weighted by Crippen LogP contribution is -2.44. The van der Waals surface area contributed by atoms with E-state index in [9.17, 15) is 9.59 Å². The van der Waals surface area contributed by atoms with Gasteiger partial charge in [0.25, 0.3) is 5.91 Å². The van der Waals surface area contributed by atoms with E-state index in [1.165, 1.54) is 6.92 Å². The van der Waals surface area contributed by atoms with Crippen molar-refractivity contribution in [1.29, 1.82) is 0 Å². The van der Waals surface area contributed by atoms with Crippen LogP contribution in [0.4, 0.5) is 5.69 Å². The van der Waals surface area contributed by atoms with E-state index in [2.05, 4.69) is 5.32 Å². The number of amides is 1. The predicted molar refractivity (Wildman–Crippen MR) is 81.0 cm³/mol. The molecule has 3 rings (SSSR count). The molecule has 118 valence electrons. The average molecular weight is 304 g/mol. The minimum absolute atomic E-state index is 0.00427. The highest BCUT2D eigenvalue weighted by Crippen LogP contribution is 2.38. The topological polar surface area (TPSA) is 67.9 Å². The molecule has 1 saturated heterocycles. The van der Waals surface area contributed by atoms with Gasteiger partial charge in [-0.1, -0.05) is 6.07 Å². The molecule has 0 radical (unpaired) electrons. The van der Waals surface area contributed by atoms with Crippen molar-refractivity contribution < 1.29 is 19.1 Å². The number of carbonyl (C=O) groups is 2. The minimum atomic E-state index is -0.413. The Morgan fingerprint density at radius 3 is 2.86 bits per heavy atom. The summed E-state index contributed by atoms with van der Waals surface area (Å²) in [5, 5.41) is 3.26. The molecule has 2 aliphatic heterocycles. The Bertz CT molecular complexity index is 629. The van der Waals surface area contributed by atoms with Crippen LogP contribution in [-0.2, 0) is 9.53 Å². The van der Waals surface area contributed by atoms with Crippen LogP contribution in [0.15, 0.2) is 12.1 Å². The zero-order valence-electron chi connectivity index (χ0n) is 13.0. The standard InChI is InChI=1S/C16H20N2O4/c1-9-6-7-11-13(14(9)22-10(2)19)17-15(21-3)12-5-4-8-18(12)16(11)20/h6-7,12,15,17H,4-5,8H2,1-3H3. The van der Waals surface area contributed by atoms with E-state index < -0.39 is 5.97 Å². The second-order valence-corrected chi connectivity index (χ2v) is 5.74. The van der Waals surface area contributed by atoms with Crippen LogP contribution in [-0.4, -0.2) is 42.7 Å². The Balaban J connectivity index is 2.12. The number of esters is 1. The Labute approximate surface area is 129 Å². The highest BCUT2D eigenvalue weighted by molar-refractivity contribution is 6.02. The van der Waals surface area contributed by atoms with Gasteiger partial charge in [-0.2, -0.15) is 0 Å². The largest absolute Gasteiger partial charge is 0.424 e. The summed E-state index contributed by atoms with van der Waals surface area (Å²) in [5.74, 6) is -0.0519. The zero-order chi connectivity index (χ0) is 15.9. The van der Waals surface area contributed by atoms with Gasteiger partial charge in [0.1, 0.15) is 6.23 Å². The van der Waals surface area contributed by atoms with Crippen molar-refractivity contribution in [3.05, 3.63) is 23.3 Å². The number of nitrogens with one attached hydrogen (secondary N) is 1. The first-order chi connectivity index (χ1) is 10.5. The molecule has 2 aliphatic rings. The molecule has 0 aliphatic carbocycles. The lowest BCUT2D eigenvalue weighted by atomic mass is 10.1. The summed E-state index contributed by atoms with van der Waals surface area (Å²) in [6.07, 6.45) is 1.55. The molecule has 0 spiro atoms. The molecule has 1 aromatic rings. The molecule has 6 heteroatoms. The van der Waals surface area contributed by atoms with Crippen LogP contribution in [0.5, 0.6) is 5.75 Å². The van der Waals surface area contributed by atoms with Gasteiger partial charge in [-0.05, 0) is 31.4 Å². The Morgan fingerprint density at radius 2 is 2.18 bits per heavy atom. The van der Waals surface area contributed by atoms with Crippen LogP contribution in [0.2, 0.25) is 0 Å². The van der Waals surface area contributed by atoms with Crippen molar-refractivity contribution in [2.75, 3.05) is 19.0 Å². The summed E-state index contributed by atoms with van der Waals surface area (Å²) < 4.78 is 10.9. The van der Waals surface area contributed by atoms with Crippen molar-refractivity contribution in [2.24, 2.45) is 0 Å². The number of hydrogen-bond donors (Lipinski definition) is 1. The summed E-state index contributed by atoms with van der Waals surface area (Å²) >= 11 is 0. The smallest absolute Gasteiger partial charge is 0.308 e. The summed E-state index contributed by atoms with van der Waals surface area (Å²) in [7, 11) is 1.62. The summed E-state index contributed by atoms with van der Waals surface area (Å²) in [6, 6.07) is 3.57. The number of nitrogens with zero attached hydrogens (tertiary/aromatic N) is 1. The summed E-state index contributed by atoms with van der Waals surface area (Å²) in [6.45, 7) is 3.92. The zero-order valence-corrected chi connectivity index (χ0v) is 13.0. The molecule has 0 aromatic heterocycles. The molecule has 1 fully saturated rings. The van der Waals surface area contributed by atoms with Gasteiger partial charge in [0.05, 0.1) is 17.3 Å². The fourth-order valence-corrected chi connectivity index (χ4v) is 3.25. The molecular weight excluding hydrogens is 284 g/mol. The highest BCUT2D eigenvalue weighted by Gasteiger charge is 2.40. The van der Waals surface area contributed by atoms with E-state index in [-0.39, 0.29) is 18.2 Å². The molecule has 2 unspecified atom stereocenters. The van der Waals surface area contributed by atoms with Crippen molar-refractivity contribution in [3.63, 3.8) is 0 Å². The van der Waals surface area contributed by atoms with E-state index in [1.807, 2.05) is 11.8 Å². The van der Waals surface area contributed by atoms with E-state index in [0.717, 1.165) is 24.9 Å². The number of ether oxygens (including phenoxy) is 2. The van der Waals surface area contributed by atoms with Crippen molar-refractivity contribution in [2.45, 2.75) is 39.0 Å². The molecule has 6 nitrogen and oxygen atoms in total.